The predicted octanol–water partition coefficient (Wildman–Crippen LogP) is 4.03. The normalized spacial score (nSPS) is 34.0. The molecule has 7 nitrogen and oxygen atoms in total. The number of aliphatic hydroxyl groups excluding tert-OH is 2. The largest absolute Gasteiger partial charge is 0.504 e. The number of fused-ring (bicyclic) bond motifs is 1. The fourth-order valence-electron chi connectivity index (χ4n) is 6.05. The van der Waals surface area contributed by atoms with Gasteiger partial charge in [-0.15, -0.1) is 0 Å². The molecule has 2 bridgehead atoms. The first kappa shape index (κ1) is 22.9. The lowest BCUT2D eigenvalue weighted by Crippen LogP contribution is -2.63. The third-order valence-corrected chi connectivity index (χ3v) is 7.89. The van der Waals surface area contributed by atoms with Gasteiger partial charge in [0.05, 0.1) is 17.6 Å². The van der Waals surface area contributed by atoms with Crippen LogP contribution >= 0.6 is 11.9 Å². The van der Waals surface area contributed by atoms with Crippen LogP contribution in [0.3, 0.4) is 0 Å². The molecular weight excluding hydrogens is 480 g/mol. The van der Waals surface area contributed by atoms with Crippen molar-refractivity contribution in [3.63, 3.8) is 0 Å². The van der Waals surface area contributed by atoms with Crippen molar-refractivity contribution in [1.82, 2.24) is 9.80 Å². The van der Waals surface area contributed by atoms with Gasteiger partial charge in [-0.05, 0) is 41.0 Å². The van der Waals surface area contributed by atoms with Gasteiger partial charge in [0.15, 0.2) is 11.5 Å². The lowest BCUT2D eigenvalue weighted by molar-refractivity contribution is -0.144. The van der Waals surface area contributed by atoms with Gasteiger partial charge in [0, 0.05) is 19.5 Å². The number of amides is 1. The van der Waals surface area contributed by atoms with Gasteiger partial charge in [0.1, 0.15) is 23.2 Å². The maximum atomic E-state index is 13.8. The van der Waals surface area contributed by atoms with E-state index in [9.17, 15) is 20.1 Å². The molecule has 2 fully saturated rings. The van der Waals surface area contributed by atoms with Gasteiger partial charge in [0.2, 0.25) is 5.91 Å². The first-order chi connectivity index (χ1) is 17.3. The lowest BCUT2D eigenvalue weighted by Gasteiger charge is -2.46. The number of rotatable bonds is 5. The van der Waals surface area contributed by atoms with Crippen LogP contribution in [0.1, 0.15) is 17.5 Å². The highest BCUT2D eigenvalue weighted by atomic mass is 35.5. The summed E-state index contributed by atoms with van der Waals surface area (Å²) in [6.45, 7) is 0.758. The SMILES string of the molecule is O=C1[C@@H]2CC3(O)/C=C(O)\C(O)=C/C4=CC3(/C=C/c3ccccc3)N2[C@H]4CN1Cc1ccc(OCl)cc1. The number of hydrogen-bond donors (Lipinski definition) is 3. The second kappa shape index (κ2) is 8.27. The molecular formula is C28H25ClN2O5. The van der Waals surface area contributed by atoms with E-state index in [0.717, 1.165) is 16.7 Å². The van der Waals surface area contributed by atoms with Crippen molar-refractivity contribution in [2.45, 2.75) is 36.2 Å². The van der Waals surface area contributed by atoms with E-state index >= 15 is 0 Å². The van der Waals surface area contributed by atoms with Crippen molar-refractivity contribution in [2.75, 3.05) is 6.54 Å². The van der Waals surface area contributed by atoms with Gasteiger partial charge in [-0.2, -0.15) is 0 Å². The maximum Gasteiger partial charge on any atom is 0.240 e. The summed E-state index contributed by atoms with van der Waals surface area (Å²) in [5, 5.41) is 33.1. The average Bonchev–Trinajstić information content (AvgIpc) is 3.32. The van der Waals surface area contributed by atoms with E-state index in [1.165, 1.54) is 12.2 Å². The Hall–Kier alpha value is -3.52. The van der Waals surface area contributed by atoms with E-state index in [2.05, 4.69) is 0 Å². The molecule has 4 aliphatic rings. The van der Waals surface area contributed by atoms with Crippen molar-refractivity contribution < 1.29 is 24.4 Å². The Balaban J connectivity index is 1.42. The summed E-state index contributed by atoms with van der Waals surface area (Å²) in [6.07, 6.45) is 8.67. The summed E-state index contributed by atoms with van der Waals surface area (Å²) >= 11 is 5.42. The molecule has 2 unspecified atom stereocenters. The Bertz CT molecular complexity index is 1340. The molecule has 0 spiro atoms. The zero-order chi connectivity index (χ0) is 25.1. The molecule has 6 rings (SSSR count). The second-order valence-electron chi connectivity index (χ2n) is 9.78. The highest BCUT2D eigenvalue weighted by Gasteiger charge is 2.68. The van der Waals surface area contributed by atoms with Crippen molar-refractivity contribution >= 4 is 23.8 Å². The van der Waals surface area contributed by atoms with E-state index in [1.54, 1.807) is 17.0 Å². The fourth-order valence-corrected chi connectivity index (χ4v) is 6.15. The second-order valence-corrected chi connectivity index (χ2v) is 9.93. The Morgan fingerprint density at radius 3 is 2.50 bits per heavy atom. The highest BCUT2D eigenvalue weighted by molar-refractivity contribution is 6.09. The number of nitrogens with zero attached hydrogens (tertiary/aromatic N) is 2. The summed E-state index contributed by atoms with van der Waals surface area (Å²) < 4.78 is 4.72. The summed E-state index contributed by atoms with van der Waals surface area (Å²) in [5.41, 5.74) is -0.0465. The number of carbonyl (C=O) groups is 1. The van der Waals surface area contributed by atoms with E-state index in [0.29, 0.717) is 18.8 Å². The molecule has 2 aromatic rings. The van der Waals surface area contributed by atoms with Gasteiger partial charge >= 0.3 is 0 Å². The van der Waals surface area contributed by atoms with Crippen molar-refractivity contribution in [1.29, 1.82) is 0 Å². The van der Waals surface area contributed by atoms with Crippen LogP contribution in [-0.4, -0.2) is 60.8 Å². The zero-order valence-corrected chi connectivity index (χ0v) is 20.0. The molecule has 0 saturated carbocycles. The van der Waals surface area contributed by atoms with Crippen molar-refractivity contribution in [2.24, 2.45) is 0 Å². The van der Waals surface area contributed by atoms with Crippen molar-refractivity contribution in [3.05, 3.63) is 107 Å². The van der Waals surface area contributed by atoms with E-state index < -0.39 is 22.9 Å². The summed E-state index contributed by atoms with van der Waals surface area (Å²) in [4.78, 5) is 17.6. The summed E-state index contributed by atoms with van der Waals surface area (Å²) in [6, 6.07) is 16.0. The minimum atomic E-state index is -1.61. The molecule has 0 aromatic heterocycles. The Morgan fingerprint density at radius 2 is 1.78 bits per heavy atom. The molecule has 36 heavy (non-hydrogen) atoms. The quantitative estimate of drug-likeness (QED) is 0.569. The van der Waals surface area contributed by atoms with Crippen LogP contribution in [0.25, 0.3) is 6.08 Å². The molecule has 4 atom stereocenters. The smallest absolute Gasteiger partial charge is 0.240 e. The Kier molecular flexibility index (Phi) is 5.26. The number of hydrogen-bond acceptors (Lipinski definition) is 6. The fraction of sp³-hybridized carbons (Fsp3) is 0.250. The third kappa shape index (κ3) is 3.38. The molecule has 8 heteroatoms. The van der Waals surface area contributed by atoms with E-state index in [4.69, 9.17) is 16.2 Å². The van der Waals surface area contributed by atoms with Crippen LogP contribution in [-0.2, 0) is 11.3 Å². The maximum absolute atomic E-state index is 13.8. The third-order valence-electron chi connectivity index (χ3n) is 7.72. The summed E-state index contributed by atoms with van der Waals surface area (Å²) in [7, 11) is 0. The number of halogens is 1. The van der Waals surface area contributed by atoms with Crippen LogP contribution in [0, 0.1) is 0 Å². The minimum Gasteiger partial charge on any atom is -0.504 e. The number of aliphatic hydroxyl groups is 3. The van der Waals surface area contributed by atoms with Crippen LogP contribution in [0.5, 0.6) is 5.75 Å². The Morgan fingerprint density at radius 1 is 1.03 bits per heavy atom. The minimum absolute atomic E-state index is 0.0815. The molecule has 2 saturated heterocycles. The molecule has 3 heterocycles. The first-order valence-corrected chi connectivity index (χ1v) is 12.1. The van der Waals surface area contributed by atoms with Crippen molar-refractivity contribution in [3.8, 4) is 5.75 Å². The zero-order valence-electron chi connectivity index (χ0n) is 19.3. The standard InChI is InChI=1S/C28H25ClN2O5/c29-36-21-8-6-19(7-9-21)16-30-17-23-20-12-24(32)25(33)15-28(35)14-22(26(30)34)31(23)27(28,13-20)11-10-18-4-2-1-3-5-18/h1-13,15,22-23,32-33,35H,14,16-17H2/b11-10+,24-12+,25-15+/t22-,23-,27?,28?/m0/s1. The molecule has 3 aliphatic heterocycles. The van der Waals surface area contributed by atoms with E-state index in [1.807, 2.05) is 65.6 Å². The first-order valence-electron chi connectivity index (χ1n) is 11.8. The number of piperazine rings is 1. The molecule has 1 aliphatic carbocycles. The monoisotopic (exact) mass is 504 g/mol. The van der Waals surface area contributed by atoms with Gasteiger partial charge in [-0.3, -0.25) is 9.69 Å². The van der Waals surface area contributed by atoms with Crippen LogP contribution in [0.4, 0.5) is 0 Å². The predicted molar refractivity (Wildman–Crippen MR) is 135 cm³/mol. The molecule has 184 valence electrons. The molecule has 0 radical (unpaired) electrons. The molecule has 2 aromatic carbocycles. The molecule has 1 amide bonds. The van der Waals surface area contributed by atoms with Gasteiger partial charge in [0.25, 0.3) is 0 Å². The molecule has 3 N–H and O–H groups in total. The van der Waals surface area contributed by atoms with Gasteiger partial charge in [-0.1, -0.05) is 60.7 Å². The average molecular weight is 505 g/mol. The highest BCUT2D eigenvalue weighted by Crippen LogP contribution is 2.55. The number of benzene rings is 2. The summed E-state index contributed by atoms with van der Waals surface area (Å²) in [5.74, 6) is -0.273. The topological polar surface area (TPSA) is 93.5 Å². The van der Waals surface area contributed by atoms with Crippen LogP contribution in [0.15, 0.2) is 96.0 Å². The van der Waals surface area contributed by atoms with E-state index in [-0.39, 0.29) is 24.1 Å². The Labute approximate surface area is 213 Å². The van der Waals surface area contributed by atoms with Crippen LogP contribution in [0.2, 0.25) is 0 Å². The van der Waals surface area contributed by atoms with Gasteiger partial charge < -0.3 is 24.5 Å². The number of carbonyl (C=O) groups excluding carboxylic acids is 1. The van der Waals surface area contributed by atoms with Crippen LogP contribution < -0.4 is 4.29 Å². The van der Waals surface area contributed by atoms with Gasteiger partial charge in [-0.25, -0.2) is 0 Å². The lowest BCUT2D eigenvalue weighted by atomic mass is 9.78.